The summed E-state index contributed by atoms with van der Waals surface area (Å²) in [5, 5.41) is 1.45. The summed E-state index contributed by atoms with van der Waals surface area (Å²) in [4.78, 5) is 16.8. The molecule has 124 valence electrons. The van der Waals surface area contributed by atoms with Gasteiger partial charge in [-0.2, -0.15) is 0 Å². The Labute approximate surface area is 131 Å². The molecule has 1 atom stereocenters. The van der Waals surface area contributed by atoms with Crippen LogP contribution in [-0.2, 0) is 14.1 Å². The molecule has 0 fully saturated rings. The summed E-state index contributed by atoms with van der Waals surface area (Å²) in [6, 6.07) is 0. The average molecular weight is 316 g/mol. The van der Waals surface area contributed by atoms with Crippen molar-refractivity contribution in [3.05, 3.63) is 12.7 Å². The maximum absolute atomic E-state index is 11.9. The molecule has 5 heteroatoms. The van der Waals surface area contributed by atoms with E-state index in [-0.39, 0.29) is 17.0 Å². The van der Waals surface area contributed by atoms with E-state index in [1.165, 1.54) is 12.2 Å². The van der Waals surface area contributed by atoms with Crippen molar-refractivity contribution in [2.75, 3.05) is 14.2 Å². The molecular formula is C16H33NO3Si. The van der Waals surface area contributed by atoms with Crippen molar-refractivity contribution in [1.29, 1.82) is 0 Å². The number of hydroxylamine groups is 2. The highest BCUT2D eigenvalue weighted by Gasteiger charge is 2.39. The number of allylic oxidation sites excluding steroid dienone is 1. The summed E-state index contributed by atoms with van der Waals surface area (Å²) in [6.07, 6.45) is 5.02. The molecule has 1 amide bonds. The van der Waals surface area contributed by atoms with Crippen molar-refractivity contribution >= 4 is 14.2 Å². The molecule has 21 heavy (non-hydrogen) atoms. The zero-order valence-corrected chi connectivity index (χ0v) is 15.9. The third kappa shape index (κ3) is 7.25. The quantitative estimate of drug-likeness (QED) is 0.364. The first-order chi connectivity index (χ1) is 9.55. The molecule has 0 aromatic rings. The van der Waals surface area contributed by atoms with Crippen LogP contribution in [0.15, 0.2) is 12.7 Å². The molecule has 0 aromatic carbocycles. The number of carbonyl (C=O) groups is 1. The largest absolute Gasteiger partial charge is 0.414 e. The molecule has 0 bridgehead atoms. The predicted octanol–water partition coefficient (Wildman–Crippen LogP) is 4.14. The van der Waals surface area contributed by atoms with Gasteiger partial charge >= 0.3 is 0 Å². The van der Waals surface area contributed by atoms with Crippen molar-refractivity contribution in [3.63, 3.8) is 0 Å². The summed E-state index contributed by atoms with van der Waals surface area (Å²) in [6.45, 7) is 15.0. The van der Waals surface area contributed by atoms with Crippen molar-refractivity contribution in [1.82, 2.24) is 5.06 Å². The van der Waals surface area contributed by atoms with Crippen LogP contribution in [0.5, 0.6) is 0 Å². The summed E-state index contributed by atoms with van der Waals surface area (Å²) in [7, 11) is 1.32. The summed E-state index contributed by atoms with van der Waals surface area (Å²) >= 11 is 0. The normalized spacial score (nSPS) is 13.9. The summed E-state index contributed by atoms with van der Waals surface area (Å²) in [5.41, 5.74) is 0. The monoisotopic (exact) mass is 315 g/mol. The molecule has 0 saturated carbocycles. The SMILES string of the molecule is C=CCC[C@H](CCC(=O)N(C)OC)O[Si](C)(C)C(C)(C)C. The minimum atomic E-state index is -1.82. The lowest BCUT2D eigenvalue weighted by atomic mass is 10.1. The summed E-state index contributed by atoms with van der Waals surface area (Å²) < 4.78 is 6.45. The highest BCUT2D eigenvalue weighted by atomic mass is 28.4. The van der Waals surface area contributed by atoms with Gasteiger partial charge in [0.15, 0.2) is 8.32 Å². The van der Waals surface area contributed by atoms with E-state index in [0.717, 1.165) is 19.3 Å². The molecule has 0 aliphatic rings. The Balaban J connectivity index is 4.66. The number of rotatable bonds is 9. The summed E-state index contributed by atoms with van der Waals surface area (Å²) in [5.74, 6) is -0.0139. The van der Waals surface area contributed by atoms with Gasteiger partial charge in [-0.15, -0.1) is 6.58 Å². The molecule has 0 saturated heterocycles. The molecule has 0 spiro atoms. The molecule has 0 unspecified atom stereocenters. The maximum atomic E-state index is 11.9. The van der Waals surface area contributed by atoms with Gasteiger partial charge in [0, 0.05) is 19.6 Å². The first kappa shape index (κ1) is 20.3. The first-order valence-electron chi connectivity index (χ1n) is 7.64. The van der Waals surface area contributed by atoms with E-state index in [9.17, 15) is 4.79 Å². The van der Waals surface area contributed by atoms with Gasteiger partial charge in [-0.25, -0.2) is 5.06 Å². The fourth-order valence-corrected chi connectivity index (χ4v) is 3.13. The third-order valence-corrected chi connectivity index (χ3v) is 8.80. The van der Waals surface area contributed by atoms with Gasteiger partial charge in [-0.05, 0) is 37.4 Å². The highest BCUT2D eigenvalue weighted by Crippen LogP contribution is 2.38. The minimum absolute atomic E-state index is 0.0139. The average Bonchev–Trinajstić information content (AvgIpc) is 2.38. The lowest BCUT2D eigenvalue weighted by Crippen LogP contribution is -2.44. The van der Waals surface area contributed by atoms with Crippen molar-refractivity contribution in [2.24, 2.45) is 0 Å². The molecule has 0 N–H and O–H groups in total. The fraction of sp³-hybridized carbons (Fsp3) is 0.812. The van der Waals surface area contributed by atoms with Gasteiger partial charge < -0.3 is 4.43 Å². The van der Waals surface area contributed by atoms with Crippen LogP contribution in [0.2, 0.25) is 18.1 Å². The Morgan fingerprint density at radius 1 is 1.33 bits per heavy atom. The number of carbonyl (C=O) groups excluding carboxylic acids is 1. The van der Waals surface area contributed by atoms with Gasteiger partial charge in [-0.1, -0.05) is 26.8 Å². The van der Waals surface area contributed by atoms with Crippen LogP contribution >= 0.6 is 0 Å². The van der Waals surface area contributed by atoms with Crippen molar-refractivity contribution in [2.45, 2.75) is 70.7 Å². The standard InChI is InChI=1S/C16H33NO3Si/c1-9-10-11-14(12-13-15(18)17(5)19-6)20-21(7,8)16(2,3)4/h9,14H,1,10-13H2,2-8H3/t14-/m1/s1. The van der Waals surface area contributed by atoms with E-state index in [4.69, 9.17) is 9.26 Å². The lowest BCUT2D eigenvalue weighted by molar-refractivity contribution is -0.169. The lowest BCUT2D eigenvalue weighted by Gasteiger charge is -2.39. The molecule has 0 aliphatic carbocycles. The number of nitrogens with zero attached hydrogens (tertiary/aromatic N) is 1. The van der Waals surface area contributed by atoms with E-state index < -0.39 is 8.32 Å². The smallest absolute Gasteiger partial charge is 0.245 e. The van der Waals surface area contributed by atoms with Gasteiger partial charge in [0.2, 0.25) is 5.91 Å². The molecule has 0 aliphatic heterocycles. The van der Waals surface area contributed by atoms with E-state index in [1.807, 2.05) is 6.08 Å². The molecule has 0 heterocycles. The van der Waals surface area contributed by atoms with Gasteiger partial charge in [0.25, 0.3) is 0 Å². The van der Waals surface area contributed by atoms with E-state index in [0.29, 0.717) is 6.42 Å². The van der Waals surface area contributed by atoms with Crippen LogP contribution in [-0.4, -0.2) is 39.5 Å². The van der Waals surface area contributed by atoms with Crippen LogP contribution in [0, 0.1) is 0 Å². The fourth-order valence-electron chi connectivity index (χ4n) is 1.70. The number of hydrogen-bond acceptors (Lipinski definition) is 3. The van der Waals surface area contributed by atoms with Crippen LogP contribution in [0.4, 0.5) is 0 Å². The second kappa shape index (κ2) is 8.71. The van der Waals surface area contributed by atoms with Crippen LogP contribution in [0.25, 0.3) is 0 Å². The van der Waals surface area contributed by atoms with Gasteiger partial charge in [-0.3, -0.25) is 9.63 Å². The second-order valence-corrected chi connectivity index (χ2v) is 11.7. The van der Waals surface area contributed by atoms with E-state index in [1.54, 1.807) is 7.05 Å². The van der Waals surface area contributed by atoms with Crippen molar-refractivity contribution < 1.29 is 14.1 Å². The molecular weight excluding hydrogens is 282 g/mol. The Bertz CT molecular complexity index is 337. The Morgan fingerprint density at radius 3 is 2.33 bits per heavy atom. The van der Waals surface area contributed by atoms with E-state index >= 15 is 0 Å². The molecule has 0 rings (SSSR count). The van der Waals surface area contributed by atoms with E-state index in [2.05, 4.69) is 40.4 Å². The predicted molar refractivity (Wildman–Crippen MR) is 90.5 cm³/mol. The Morgan fingerprint density at radius 2 is 1.90 bits per heavy atom. The first-order valence-corrected chi connectivity index (χ1v) is 10.6. The van der Waals surface area contributed by atoms with Gasteiger partial charge in [0.1, 0.15) is 0 Å². The topological polar surface area (TPSA) is 38.8 Å². The zero-order chi connectivity index (χ0) is 16.7. The second-order valence-electron chi connectivity index (χ2n) is 6.98. The van der Waals surface area contributed by atoms with Crippen LogP contribution in [0.1, 0.15) is 46.5 Å². The number of hydrogen-bond donors (Lipinski definition) is 0. The zero-order valence-electron chi connectivity index (χ0n) is 14.9. The molecule has 4 nitrogen and oxygen atoms in total. The van der Waals surface area contributed by atoms with Crippen LogP contribution < -0.4 is 0 Å². The van der Waals surface area contributed by atoms with Crippen molar-refractivity contribution in [3.8, 4) is 0 Å². The Hall–Kier alpha value is -0.653. The highest BCUT2D eigenvalue weighted by molar-refractivity contribution is 6.74. The maximum Gasteiger partial charge on any atom is 0.245 e. The van der Waals surface area contributed by atoms with Crippen LogP contribution in [0.3, 0.4) is 0 Å². The Kier molecular flexibility index (Phi) is 8.44. The molecule has 0 radical (unpaired) electrons. The molecule has 0 aromatic heterocycles. The van der Waals surface area contributed by atoms with Gasteiger partial charge in [0.05, 0.1) is 7.11 Å². The number of amides is 1. The minimum Gasteiger partial charge on any atom is -0.414 e. The third-order valence-electron chi connectivity index (χ3n) is 4.27.